The van der Waals surface area contributed by atoms with Crippen LogP contribution in [0.2, 0.25) is 5.02 Å². The largest absolute Gasteiger partial charge is 0.290 e. The van der Waals surface area contributed by atoms with Crippen molar-refractivity contribution in [1.82, 2.24) is 5.01 Å². The molecule has 1 atom stereocenters. The highest BCUT2D eigenvalue weighted by Gasteiger charge is 2.21. The molecule has 22 heavy (non-hydrogen) atoms. The Kier molecular flexibility index (Phi) is 4.76. The van der Waals surface area contributed by atoms with Crippen LogP contribution < -0.4 is 0 Å². The van der Waals surface area contributed by atoms with Crippen molar-refractivity contribution in [1.29, 1.82) is 0 Å². The molecule has 0 amide bonds. The molecule has 0 saturated heterocycles. The highest BCUT2D eigenvalue weighted by atomic mass is 35.5. The first-order valence-electron chi connectivity index (χ1n) is 7.14. The Morgan fingerprint density at radius 3 is 2.59 bits per heavy atom. The van der Waals surface area contributed by atoms with Gasteiger partial charge in [0, 0.05) is 28.6 Å². The van der Waals surface area contributed by atoms with Crippen LogP contribution >= 0.6 is 11.6 Å². The SMILES string of the molecule is COS(=O)C1=CC=C(N2CCC(c3ccc(Cl)cc3)=N2)CC1. The fourth-order valence-corrected chi connectivity index (χ4v) is 3.37. The smallest absolute Gasteiger partial charge is 0.184 e. The number of hydrazone groups is 1. The Morgan fingerprint density at radius 2 is 1.95 bits per heavy atom. The third-order valence-corrected chi connectivity index (χ3v) is 5.09. The summed E-state index contributed by atoms with van der Waals surface area (Å²) in [6.07, 6.45) is 6.37. The van der Waals surface area contributed by atoms with Crippen molar-refractivity contribution >= 4 is 28.4 Å². The number of hydrogen-bond donors (Lipinski definition) is 0. The summed E-state index contributed by atoms with van der Waals surface area (Å²) in [6, 6.07) is 7.77. The summed E-state index contributed by atoms with van der Waals surface area (Å²) in [5.74, 6) is 0. The normalized spacial score (nSPS) is 19.5. The first kappa shape index (κ1) is 15.5. The lowest BCUT2D eigenvalue weighted by atomic mass is 10.1. The van der Waals surface area contributed by atoms with Crippen molar-refractivity contribution in [2.24, 2.45) is 5.10 Å². The van der Waals surface area contributed by atoms with Gasteiger partial charge < -0.3 is 0 Å². The summed E-state index contributed by atoms with van der Waals surface area (Å²) < 4.78 is 16.5. The summed E-state index contributed by atoms with van der Waals surface area (Å²) in [7, 11) is 1.46. The minimum absolute atomic E-state index is 0.734. The second-order valence-corrected chi connectivity index (χ2v) is 6.88. The van der Waals surface area contributed by atoms with E-state index in [2.05, 4.69) is 0 Å². The number of nitrogens with zero attached hydrogens (tertiary/aromatic N) is 2. The molecular weight excluding hydrogens is 320 g/mol. The summed E-state index contributed by atoms with van der Waals surface area (Å²) in [5, 5.41) is 7.47. The number of hydrogen-bond acceptors (Lipinski definition) is 4. The van der Waals surface area contributed by atoms with Crippen molar-refractivity contribution in [3.05, 3.63) is 57.6 Å². The molecule has 3 rings (SSSR count). The van der Waals surface area contributed by atoms with Gasteiger partial charge in [0.25, 0.3) is 0 Å². The average Bonchev–Trinajstić information content (AvgIpc) is 3.05. The molecule has 1 heterocycles. The first-order valence-corrected chi connectivity index (χ1v) is 8.59. The molecule has 1 unspecified atom stereocenters. The van der Waals surface area contributed by atoms with E-state index in [1.165, 1.54) is 7.11 Å². The third kappa shape index (κ3) is 3.32. The highest BCUT2D eigenvalue weighted by Crippen LogP contribution is 2.27. The highest BCUT2D eigenvalue weighted by molar-refractivity contribution is 7.84. The van der Waals surface area contributed by atoms with Gasteiger partial charge >= 0.3 is 0 Å². The van der Waals surface area contributed by atoms with Gasteiger partial charge in [-0.1, -0.05) is 23.7 Å². The van der Waals surface area contributed by atoms with Crippen LogP contribution in [0.15, 0.2) is 52.1 Å². The van der Waals surface area contributed by atoms with Gasteiger partial charge in [0.05, 0.1) is 12.8 Å². The van der Waals surface area contributed by atoms with Crippen LogP contribution in [0.3, 0.4) is 0 Å². The Morgan fingerprint density at radius 1 is 1.18 bits per heavy atom. The number of halogens is 1. The number of allylic oxidation sites excluding steroid dienone is 4. The Balaban J connectivity index is 1.75. The molecule has 0 saturated carbocycles. The van der Waals surface area contributed by atoms with Crippen molar-refractivity contribution < 1.29 is 8.39 Å². The number of rotatable bonds is 4. The minimum atomic E-state index is -1.32. The molecule has 0 aromatic heterocycles. The van der Waals surface area contributed by atoms with E-state index >= 15 is 0 Å². The topological polar surface area (TPSA) is 41.9 Å². The van der Waals surface area contributed by atoms with Gasteiger partial charge in [-0.15, -0.1) is 0 Å². The molecule has 0 bridgehead atoms. The zero-order valence-electron chi connectivity index (χ0n) is 12.3. The van der Waals surface area contributed by atoms with Crippen LogP contribution in [0.25, 0.3) is 0 Å². The molecule has 2 aliphatic rings. The van der Waals surface area contributed by atoms with Gasteiger partial charge in [0.15, 0.2) is 11.1 Å². The maximum absolute atomic E-state index is 11.6. The molecular formula is C16H17ClN2O2S. The molecule has 0 N–H and O–H groups in total. The van der Waals surface area contributed by atoms with Crippen molar-refractivity contribution in [3.63, 3.8) is 0 Å². The van der Waals surface area contributed by atoms with Crippen LogP contribution in [-0.2, 0) is 15.3 Å². The van der Waals surface area contributed by atoms with E-state index in [1.807, 2.05) is 41.4 Å². The van der Waals surface area contributed by atoms with Gasteiger partial charge in [-0.2, -0.15) is 5.10 Å². The Hall–Kier alpha value is -1.43. The second kappa shape index (κ2) is 6.77. The lowest BCUT2D eigenvalue weighted by Crippen LogP contribution is -2.15. The van der Waals surface area contributed by atoms with Crippen molar-refractivity contribution in [2.45, 2.75) is 19.3 Å². The monoisotopic (exact) mass is 336 g/mol. The lowest BCUT2D eigenvalue weighted by Gasteiger charge is -2.20. The molecule has 116 valence electrons. The van der Waals surface area contributed by atoms with Gasteiger partial charge in [-0.05, 0) is 42.7 Å². The zero-order chi connectivity index (χ0) is 15.5. The Labute approximate surface area is 137 Å². The summed E-state index contributed by atoms with van der Waals surface area (Å²) in [4.78, 5) is 0.826. The predicted molar refractivity (Wildman–Crippen MR) is 89.9 cm³/mol. The van der Waals surface area contributed by atoms with Crippen molar-refractivity contribution in [3.8, 4) is 0 Å². The molecule has 0 spiro atoms. The maximum atomic E-state index is 11.6. The van der Waals surface area contributed by atoms with E-state index in [0.29, 0.717) is 0 Å². The van der Waals surface area contributed by atoms with Crippen LogP contribution in [-0.4, -0.2) is 28.6 Å². The van der Waals surface area contributed by atoms with Crippen LogP contribution in [0.1, 0.15) is 24.8 Å². The second-order valence-electron chi connectivity index (χ2n) is 5.12. The molecule has 1 aliphatic heterocycles. The van der Waals surface area contributed by atoms with E-state index in [9.17, 15) is 4.21 Å². The van der Waals surface area contributed by atoms with E-state index < -0.39 is 11.1 Å². The molecule has 0 fully saturated rings. The predicted octanol–water partition coefficient (Wildman–Crippen LogP) is 3.62. The first-order chi connectivity index (χ1) is 10.7. The number of benzene rings is 1. The molecule has 4 nitrogen and oxygen atoms in total. The zero-order valence-corrected chi connectivity index (χ0v) is 13.9. The van der Waals surface area contributed by atoms with E-state index in [1.54, 1.807) is 0 Å². The molecule has 1 aliphatic carbocycles. The molecule has 6 heteroatoms. The minimum Gasteiger partial charge on any atom is -0.290 e. The van der Waals surface area contributed by atoms with E-state index in [0.717, 1.165) is 52.7 Å². The van der Waals surface area contributed by atoms with Crippen LogP contribution in [0.5, 0.6) is 0 Å². The molecule has 1 aromatic rings. The van der Waals surface area contributed by atoms with Crippen LogP contribution in [0.4, 0.5) is 0 Å². The Bertz CT molecular complexity index is 680. The molecule has 1 aromatic carbocycles. The summed E-state index contributed by atoms with van der Waals surface area (Å²) in [6.45, 7) is 0.875. The van der Waals surface area contributed by atoms with Crippen molar-refractivity contribution in [2.75, 3.05) is 13.7 Å². The molecule has 0 radical (unpaired) electrons. The summed E-state index contributed by atoms with van der Waals surface area (Å²) in [5.41, 5.74) is 3.34. The maximum Gasteiger partial charge on any atom is 0.184 e. The quantitative estimate of drug-likeness (QED) is 0.843. The average molecular weight is 337 g/mol. The van der Waals surface area contributed by atoms with Gasteiger partial charge in [-0.25, -0.2) is 4.21 Å². The van der Waals surface area contributed by atoms with Crippen LogP contribution in [0, 0.1) is 0 Å². The van der Waals surface area contributed by atoms with Gasteiger partial charge in [-0.3, -0.25) is 9.19 Å². The third-order valence-electron chi connectivity index (χ3n) is 3.77. The fourth-order valence-electron chi connectivity index (χ4n) is 2.58. The van der Waals surface area contributed by atoms with Gasteiger partial charge in [0.1, 0.15) is 0 Å². The van der Waals surface area contributed by atoms with E-state index in [4.69, 9.17) is 20.9 Å². The van der Waals surface area contributed by atoms with Gasteiger partial charge in [0.2, 0.25) is 0 Å². The standard InChI is InChI=1S/C16H17ClN2O2S/c1-21-22(20)15-8-6-14(7-9-15)19-11-10-16(18-19)12-2-4-13(17)5-3-12/h2-6,8H,7,9-11H2,1H3. The fraction of sp³-hybridized carbons (Fsp3) is 0.312. The summed E-state index contributed by atoms with van der Waals surface area (Å²) >= 11 is 4.60. The van der Waals surface area contributed by atoms with E-state index in [-0.39, 0.29) is 0 Å². The lowest BCUT2D eigenvalue weighted by molar-refractivity contribution is 0.384.